The van der Waals surface area contributed by atoms with Gasteiger partial charge in [0.25, 0.3) is 0 Å². The van der Waals surface area contributed by atoms with E-state index in [9.17, 15) is 5.11 Å². The van der Waals surface area contributed by atoms with Crippen molar-refractivity contribution < 1.29 is 5.11 Å². The molecule has 0 aliphatic carbocycles. The maximum absolute atomic E-state index is 9.20. The molecular weight excluding hydrogens is 254 g/mol. The van der Waals surface area contributed by atoms with Gasteiger partial charge in [0.1, 0.15) is 0 Å². The topological polar surface area (TPSA) is 23.5 Å². The van der Waals surface area contributed by atoms with Gasteiger partial charge in [0, 0.05) is 25.1 Å². The van der Waals surface area contributed by atoms with Crippen LogP contribution in [-0.4, -0.2) is 41.5 Å². The molecule has 0 spiro atoms. The first-order valence-electron chi connectivity index (χ1n) is 7.36. The van der Waals surface area contributed by atoms with Crippen LogP contribution in [0.4, 0.5) is 0 Å². The number of nitrogens with zero attached hydrogens (tertiary/aromatic N) is 1. The van der Waals surface area contributed by atoms with Gasteiger partial charge in [-0.05, 0) is 37.1 Å². The summed E-state index contributed by atoms with van der Waals surface area (Å²) in [6.07, 6.45) is 4.73. The lowest BCUT2D eigenvalue weighted by Crippen LogP contribution is -2.42. The summed E-state index contributed by atoms with van der Waals surface area (Å²) in [7, 11) is 0. The van der Waals surface area contributed by atoms with Crippen molar-refractivity contribution in [3.8, 4) is 0 Å². The summed E-state index contributed by atoms with van der Waals surface area (Å²) < 4.78 is 0. The van der Waals surface area contributed by atoms with Crippen LogP contribution in [0.2, 0.25) is 0 Å². The minimum atomic E-state index is 0.304. The molecule has 1 aliphatic heterocycles. The number of hydrogen-bond donors (Lipinski definition) is 2. The number of hydrogen-bond acceptors (Lipinski definition) is 3. The minimum absolute atomic E-state index is 0.304. The van der Waals surface area contributed by atoms with Gasteiger partial charge in [0.2, 0.25) is 0 Å². The zero-order chi connectivity index (χ0) is 13.5. The van der Waals surface area contributed by atoms with E-state index in [1.54, 1.807) is 0 Å². The molecule has 1 aromatic rings. The summed E-state index contributed by atoms with van der Waals surface area (Å²) in [4.78, 5) is 2.56. The lowest BCUT2D eigenvalue weighted by molar-refractivity contribution is 0.114. The van der Waals surface area contributed by atoms with E-state index < -0.39 is 0 Å². The average molecular weight is 279 g/mol. The third-order valence-corrected chi connectivity index (χ3v) is 4.60. The third kappa shape index (κ3) is 4.23. The molecule has 1 aliphatic rings. The molecule has 106 valence electrons. The van der Waals surface area contributed by atoms with Crippen LogP contribution in [0.1, 0.15) is 37.2 Å². The Bertz CT molecular complexity index is 355. The maximum atomic E-state index is 9.20. The van der Waals surface area contributed by atoms with Gasteiger partial charge in [-0.2, -0.15) is 12.6 Å². The molecule has 0 saturated carbocycles. The molecule has 0 amide bonds. The van der Waals surface area contributed by atoms with Crippen molar-refractivity contribution in [3.63, 3.8) is 0 Å². The standard InChI is InChI=1S/C16H25NOS/c18-11-9-16-8-4-5-10-17(16)12-15(13-19)14-6-2-1-3-7-14/h1-3,6-7,15-16,18-19H,4-5,8-13H2. The highest BCUT2D eigenvalue weighted by atomic mass is 32.1. The van der Waals surface area contributed by atoms with Crippen LogP contribution in [0.3, 0.4) is 0 Å². The Morgan fingerprint density at radius 3 is 2.74 bits per heavy atom. The molecule has 1 fully saturated rings. The first-order chi connectivity index (χ1) is 9.35. The third-order valence-electron chi connectivity index (χ3n) is 4.16. The van der Waals surface area contributed by atoms with E-state index in [2.05, 4.69) is 47.9 Å². The van der Waals surface area contributed by atoms with Crippen LogP contribution in [0, 0.1) is 0 Å². The lowest BCUT2D eigenvalue weighted by atomic mass is 9.95. The molecule has 1 heterocycles. The predicted molar refractivity (Wildman–Crippen MR) is 84.0 cm³/mol. The lowest BCUT2D eigenvalue weighted by Gasteiger charge is -2.37. The Hall–Kier alpha value is -0.510. The van der Waals surface area contributed by atoms with Crippen LogP contribution >= 0.6 is 12.6 Å². The van der Waals surface area contributed by atoms with Crippen molar-refractivity contribution in [1.82, 2.24) is 4.90 Å². The van der Waals surface area contributed by atoms with Gasteiger partial charge in [0.15, 0.2) is 0 Å². The predicted octanol–water partition coefficient (Wildman–Crippen LogP) is 2.94. The molecular formula is C16H25NOS. The highest BCUT2D eigenvalue weighted by molar-refractivity contribution is 7.80. The molecule has 1 N–H and O–H groups in total. The summed E-state index contributed by atoms with van der Waals surface area (Å²) >= 11 is 4.53. The molecule has 3 heteroatoms. The van der Waals surface area contributed by atoms with Gasteiger partial charge in [-0.15, -0.1) is 0 Å². The monoisotopic (exact) mass is 279 g/mol. The van der Waals surface area contributed by atoms with E-state index >= 15 is 0 Å². The first kappa shape index (κ1) is 14.9. The van der Waals surface area contributed by atoms with Gasteiger partial charge in [0.05, 0.1) is 0 Å². The largest absolute Gasteiger partial charge is 0.396 e. The molecule has 0 bridgehead atoms. The van der Waals surface area contributed by atoms with Crippen molar-refractivity contribution in [2.24, 2.45) is 0 Å². The summed E-state index contributed by atoms with van der Waals surface area (Å²) in [5, 5.41) is 9.20. The number of benzene rings is 1. The quantitative estimate of drug-likeness (QED) is 0.782. The molecule has 1 saturated heterocycles. The number of likely N-dealkylation sites (tertiary alicyclic amines) is 1. The van der Waals surface area contributed by atoms with Crippen molar-refractivity contribution in [3.05, 3.63) is 35.9 Å². The highest BCUT2D eigenvalue weighted by Crippen LogP contribution is 2.25. The molecule has 2 unspecified atom stereocenters. The van der Waals surface area contributed by atoms with E-state index in [4.69, 9.17) is 0 Å². The van der Waals surface area contributed by atoms with Crippen molar-refractivity contribution in [2.75, 3.05) is 25.4 Å². The fourth-order valence-corrected chi connectivity index (χ4v) is 3.38. The van der Waals surface area contributed by atoms with Gasteiger partial charge < -0.3 is 5.11 Å². The molecule has 2 atom stereocenters. The number of rotatable bonds is 6. The van der Waals surface area contributed by atoms with E-state index in [1.165, 1.54) is 31.4 Å². The van der Waals surface area contributed by atoms with E-state index in [1.807, 2.05) is 0 Å². The van der Waals surface area contributed by atoms with E-state index in [0.717, 1.165) is 18.7 Å². The zero-order valence-electron chi connectivity index (χ0n) is 11.5. The fraction of sp³-hybridized carbons (Fsp3) is 0.625. The SMILES string of the molecule is OCCC1CCCCN1CC(CS)c1ccccc1. The molecule has 19 heavy (non-hydrogen) atoms. The van der Waals surface area contributed by atoms with Gasteiger partial charge in [-0.3, -0.25) is 4.90 Å². The Morgan fingerprint density at radius 2 is 2.05 bits per heavy atom. The number of aliphatic hydroxyl groups excluding tert-OH is 1. The van der Waals surface area contributed by atoms with E-state index in [0.29, 0.717) is 18.6 Å². The van der Waals surface area contributed by atoms with Crippen molar-refractivity contribution >= 4 is 12.6 Å². The summed E-state index contributed by atoms with van der Waals surface area (Å²) in [6.45, 7) is 2.54. The summed E-state index contributed by atoms with van der Waals surface area (Å²) in [6, 6.07) is 11.2. The van der Waals surface area contributed by atoms with Crippen LogP contribution in [-0.2, 0) is 0 Å². The second-order valence-corrected chi connectivity index (χ2v) is 5.81. The van der Waals surface area contributed by atoms with Gasteiger partial charge in [-0.1, -0.05) is 36.8 Å². The molecule has 0 aromatic heterocycles. The number of aliphatic hydroxyl groups is 1. The average Bonchev–Trinajstić information content (AvgIpc) is 2.47. The zero-order valence-corrected chi connectivity index (χ0v) is 12.4. The second-order valence-electron chi connectivity index (χ2n) is 5.45. The highest BCUT2D eigenvalue weighted by Gasteiger charge is 2.24. The first-order valence-corrected chi connectivity index (χ1v) is 7.99. The molecule has 2 nitrogen and oxygen atoms in total. The Morgan fingerprint density at radius 1 is 1.26 bits per heavy atom. The second kappa shape index (κ2) is 7.93. The molecule has 0 radical (unpaired) electrons. The Balaban J connectivity index is 2.00. The van der Waals surface area contributed by atoms with Crippen LogP contribution in [0.15, 0.2) is 30.3 Å². The summed E-state index contributed by atoms with van der Waals surface area (Å²) in [5.41, 5.74) is 1.38. The van der Waals surface area contributed by atoms with Crippen molar-refractivity contribution in [2.45, 2.75) is 37.6 Å². The van der Waals surface area contributed by atoms with Gasteiger partial charge in [-0.25, -0.2) is 0 Å². The normalized spacial score (nSPS) is 22.3. The van der Waals surface area contributed by atoms with Crippen LogP contribution in [0.25, 0.3) is 0 Å². The molecule has 1 aromatic carbocycles. The Labute approximate surface area is 122 Å². The smallest absolute Gasteiger partial charge is 0.0445 e. The van der Waals surface area contributed by atoms with Crippen LogP contribution < -0.4 is 0 Å². The van der Waals surface area contributed by atoms with Gasteiger partial charge >= 0.3 is 0 Å². The van der Waals surface area contributed by atoms with Crippen LogP contribution in [0.5, 0.6) is 0 Å². The summed E-state index contributed by atoms with van der Waals surface area (Å²) in [5.74, 6) is 1.37. The maximum Gasteiger partial charge on any atom is 0.0445 e. The fourth-order valence-electron chi connectivity index (χ4n) is 3.05. The van der Waals surface area contributed by atoms with E-state index in [-0.39, 0.29) is 0 Å². The number of piperidine rings is 1. The number of thiol groups is 1. The Kier molecular flexibility index (Phi) is 6.21. The molecule has 2 rings (SSSR count). The van der Waals surface area contributed by atoms with Crippen molar-refractivity contribution in [1.29, 1.82) is 0 Å². The minimum Gasteiger partial charge on any atom is -0.396 e.